The lowest BCUT2D eigenvalue weighted by atomic mass is 9.88. The van der Waals surface area contributed by atoms with Crippen molar-refractivity contribution in [2.24, 2.45) is 5.92 Å². The zero-order valence-electron chi connectivity index (χ0n) is 12.0. The number of nitrogens with one attached hydrogen (secondary N) is 1. The first-order valence-corrected chi connectivity index (χ1v) is 7.01. The molecule has 0 aliphatic rings. The first kappa shape index (κ1) is 16.9. The summed E-state index contributed by atoms with van der Waals surface area (Å²) in [6.45, 7) is 6.69. The molecular weight excluding hydrogens is 280 g/mol. The number of rotatable bonds is 7. The maximum atomic E-state index is 10.8. The molecule has 0 saturated carbocycles. The molecule has 0 amide bonds. The van der Waals surface area contributed by atoms with E-state index in [-0.39, 0.29) is 16.6 Å². The Morgan fingerprint density at radius 2 is 2.20 bits per heavy atom. The maximum Gasteiger partial charge on any atom is 0.288 e. The Labute approximate surface area is 124 Å². The van der Waals surface area contributed by atoms with Crippen LogP contribution >= 0.6 is 11.6 Å². The Kier molecular flexibility index (Phi) is 5.92. The van der Waals surface area contributed by atoms with E-state index in [0.29, 0.717) is 13.1 Å². The van der Waals surface area contributed by atoms with E-state index in [1.54, 1.807) is 13.0 Å². The second kappa shape index (κ2) is 7.02. The molecule has 0 fully saturated rings. The van der Waals surface area contributed by atoms with E-state index in [4.69, 9.17) is 11.6 Å². The lowest BCUT2D eigenvalue weighted by Crippen LogP contribution is -2.42. The largest absolute Gasteiger partial charge is 0.389 e. The summed E-state index contributed by atoms with van der Waals surface area (Å²) in [7, 11) is 0. The van der Waals surface area contributed by atoms with Crippen molar-refractivity contribution in [1.82, 2.24) is 5.32 Å². The van der Waals surface area contributed by atoms with Gasteiger partial charge in [0.1, 0.15) is 5.02 Å². The summed E-state index contributed by atoms with van der Waals surface area (Å²) in [5.41, 5.74) is -0.131. The van der Waals surface area contributed by atoms with Crippen molar-refractivity contribution in [3.63, 3.8) is 0 Å². The fraction of sp³-hybridized carbons (Fsp3) is 0.571. The number of nitro groups is 1. The monoisotopic (exact) mass is 300 g/mol. The number of halogens is 1. The van der Waals surface area contributed by atoms with Crippen molar-refractivity contribution in [2.75, 3.05) is 6.54 Å². The summed E-state index contributed by atoms with van der Waals surface area (Å²) >= 11 is 5.76. The molecule has 112 valence electrons. The zero-order chi connectivity index (χ0) is 15.3. The number of benzene rings is 1. The van der Waals surface area contributed by atoms with Crippen LogP contribution in [-0.4, -0.2) is 22.2 Å². The minimum atomic E-state index is -0.799. The average Bonchev–Trinajstić information content (AvgIpc) is 2.39. The first-order valence-electron chi connectivity index (χ1n) is 6.63. The Bertz CT molecular complexity index is 477. The maximum absolute atomic E-state index is 10.8. The van der Waals surface area contributed by atoms with Crippen LogP contribution in [0.25, 0.3) is 0 Å². The smallest absolute Gasteiger partial charge is 0.288 e. The highest BCUT2D eigenvalue weighted by Gasteiger charge is 2.26. The highest BCUT2D eigenvalue weighted by Crippen LogP contribution is 2.25. The van der Waals surface area contributed by atoms with Gasteiger partial charge in [-0.3, -0.25) is 10.1 Å². The highest BCUT2D eigenvalue weighted by atomic mass is 35.5. The summed E-state index contributed by atoms with van der Waals surface area (Å²) in [5, 5.41) is 24.3. The van der Waals surface area contributed by atoms with E-state index < -0.39 is 10.5 Å². The normalized spacial score (nSPS) is 15.7. The molecule has 2 atom stereocenters. The Balaban J connectivity index is 2.63. The number of nitrogens with zero attached hydrogens (tertiary/aromatic N) is 1. The molecule has 0 bridgehead atoms. The molecule has 1 rings (SSSR count). The van der Waals surface area contributed by atoms with Crippen molar-refractivity contribution in [3.8, 4) is 0 Å². The topological polar surface area (TPSA) is 75.4 Å². The molecule has 0 spiro atoms. The molecule has 0 aromatic heterocycles. The molecule has 0 saturated heterocycles. The van der Waals surface area contributed by atoms with Gasteiger partial charge in [-0.1, -0.05) is 37.9 Å². The van der Waals surface area contributed by atoms with Gasteiger partial charge in [-0.15, -0.1) is 0 Å². The van der Waals surface area contributed by atoms with Crippen LogP contribution in [0.1, 0.15) is 32.8 Å². The SMILES string of the molecule is CCC(C)C(C)(O)CNCc1ccc(Cl)c([N+](=O)[O-])c1. The third kappa shape index (κ3) is 4.44. The van der Waals surface area contributed by atoms with E-state index in [9.17, 15) is 15.2 Å². The van der Waals surface area contributed by atoms with Gasteiger partial charge < -0.3 is 10.4 Å². The lowest BCUT2D eigenvalue weighted by molar-refractivity contribution is -0.384. The van der Waals surface area contributed by atoms with Gasteiger partial charge in [-0.2, -0.15) is 0 Å². The summed E-state index contributed by atoms with van der Waals surface area (Å²) in [5.74, 6) is 0.176. The number of hydrogen-bond acceptors (Lipinski definition) is 4. The van der Waals surface area contributed by atoms with Crippen LogP contribution in [0.4, 0.5) is 5.69 Å². The van der Waals surface area contributed by atoms with Crippen LogP contribution in [0, 0.1) is 16.0 Å². The third-order valence-corrected chi connectivity index (χ3v) is 4.01. The van der Waals surface area contributed by atoms with Crippen LogP contribution in [-0.2, 0) is 6.54 Å². The van der Waals surface area contributed by atoms with Crippen LogP contribution in [0.2, 0.25) is 5.02 Å². The van der Waals surface area contributed by atoms with Crippen molar-refractivity contribution in [2.45, 2.75) is 39.3 Å². The molecule has 1 aromatic carbocycles. The molecule has 2 N–H and O–H groups in total. The molecule has 5 nitrogen and oxygen atoms in total. The first-order chi connectivity index (χ1) is 9.27. The summed E-state index contributed by atoms with van der Waals surface area (Å²) < 4.78 is 0. The number of nitro benzene ring substituents is 1. The Morgan fingerprint density at radius 3 is 2.75 bits per heavy atom. The van der Waals surface area contributed by atoms with Gasteiger partial charge in [0.15, 0.2) is 0 Å². The van der Waals surface area contributed by atoms with Gasteiger partial charge in [0, 0.05) is 19.2 Å². The molecular formula is C14H21ClN2O3. The summed E-state index contributed by atoms with van der Waals surface area (Å²) in [4.78, 5) is 10.3. The van der Waals surface area contributed by atoms with Gasteiger partial charge in [0.25, 0.3) is 5.69 Å². The van der Waals surface area contributed by atoms with E-state index in [1.807, 2.05) is 13.8 Å². The van der Waals surface area contributed by atoms with Crippen molar-refractivity contribution in [3.05, 3.63) is 38.9 Å². The van der Waals surface area contributed by atoms with Crippen LogP contribution < -0.4 is 5.32 Å². The van der Waals surface area contributed by atoms with Crippen LogP contribution in [0.15, 0.2) is 18.2 Å². The Hall–Kier alpha value is -1.17. The quantitative estimate of drug-likeness (QED) is 0.599. The van der Waals surface area contributed by atoms with Gasteiger partial charge in [-0.25, -0.2) is 0 Å². The molecule has 20 heavy (non-hydrogen) atoms. The van der Waals surface area contributed by atoms with Crippen LogP contribution in [0.5, 0.6) is 0 Å². The fourth-order valence-corrected chi connectivity index (χ4v) is 2.07. The minimum absolute atomic E-state index is 0.0975. The highest BCUT2D eigenvalue weighted by molar-refractivity contribution is 6.32. The molecule has 0 heterocycles. The van der Waals surface area contributed by atoms with E-state index in [1.165, 1.54) is 12.1 Å². The second-order valence-corrected chi connectivity index (χ2v) is 5.72. The van der Waals surface area contributed by atoms with Gasteiger partial charge in [-0.05, 0) is 24.5 Å². The second-order valence-electron chi connectivity index (χ2n) is 5.31. The van der Waals surface area contributed by atoms with Crippen molar-refractivity contribution in [1.29, 1.82) is 0 Å². The van der Waals surface area contributed by atoms with Gasteiger partial charge in [0.05, 0.1) is 10.5 Å². The lowest BCUT2D eigenvalue weighted by Gasteiger charge is -2.30. The minimum Gasteiger partial charge on any atom is -0.389 e. The van der Waals surface area contributed by atoms with E-state index in [0.717, 1.165) is 12.0 Å². The summed E-state index contributed by atoms with van der Waals surface area (Å²) in [6.07, 6.45) is 0.890. The predicted octanol–water partition coefficient (Wildman–Crippen LogP) is 3.13. The van der Waals surface area contributed by atoms with E-state index in [2.05, 4.69) is 5.32 Å². The molecule has 0 radical (unpaired) electrons. The molecule has 2 unspecified atom stereocenters. The number of aliphatic hydroxyl groups is 1. The average molecular weight is 301 g/mol. The Morgan fingerprint density at radius 1 is 1.55 bits per heavy atom. The van der Waals surface area contributed by atoms with Gasteiger partial charge >= 0.3 is 0 Å². The fourth-order valence-electron chi connectivity index (χ4n) is 1.88. The standard InChI is InChI=1S/C14H21ClN2O3/c1-4-10(2)14(3,18)9-16-8-11-5-6-12(15)13(7-11)17(19)20/h5-7,10,16,18H,4,8-9H2,1-3H3. The van der Waals surface area contributed by atoms with Crippen molar-refractivity contribution >= 4 is 17.3 Å². The zero-order valence-corrected chi connectivity index (χ0v) is 12.8. The summed E-state index contributed by atoms with van der Waals surface area (Å²) in [6, 6.07) is 4.71. The predicted molar refractivity (Wildman–Crippen MR) is 79.9 cm³/mol. The van der Waals surface area contributed by atoms with Crippen molar-refractivity contribution < 1.29 is 10.0 Å². The third-order valence-electron chi connectivity index (χ3n) is 3.69. The number of hydrogen-bond donors (Lipinski definition) is 2. The van der Waals surface area contributed by atoms with Crippen LogP contribution in [0.3, 0.4) is 0 Å². The molecule has 0 aliphatic carbocycles. The molecule has 0 aliphatic heterocycles. The van der Waals surface area contributed by atoms with E-state index >= 15 is 0 Å². The molecule has 6 heteroatoms. The van der Waals surface area contributed by atoms with Gasteiger partial charge in [0.2, 0.25) is 0 Å². The molecule has 1 aromatic rings.